The number of amides is 1. The summed E-state index contributed by atoms with van der Waals surface area (Å²) in [6.45, 7) is 1.38. The van der Waals surface area contributed by atoms with Crippen LogP contribution in [0.2, 0.25) is 0 Å². The number of Topliss-reactive ketones (excluding diaryl/α,β-unsaturated/α-hetero) is 1. The standard InChI is InChI=1S/C14H17NO4S/c1-10(16)15-11-6-8-12(9-7-11)20(18,19)14-5-3-2-4-13(14)17/h6-9,14H,2-5H2,1H3,(H,15,16)/t14-/m1/s1. The number of hydrogen-bond donors (Lipinski definition) is 1. The third-order valence-corrected chi connectivity index (χ3v) is 5.55. The van der Waals surface area contributed by atoms with Crippen molar-refractivity contribution in [2.45, 2.75) is 42.8 Å². The van der Waals surface area contributed by atoms with Gasteiger partial charge in [-0.1, -0.05) is 6.42 Å². The van der Waals surface area contributed by atoms with Crippen molar-refractivity contribution in [2.24, 2.45) is 0 Å². The van der Waals surface area contributed by atoms with Crippen molar-refractivity contribution in [1.82, 2.24) is 0 Å². The van der Waals surface area contributed by atoms with Crippen LogP contribution in [0.4, 0.5) is 5.69 Å². The van der Waals surface area contributed by atoms with Crippen molar-refractivity contribution in [2.75, 3.05) is 5.32 Å². The number of benzene rings is 1. The lowest BCUT2D eigenvalue weighted by atomic mass is 9.99. The summed E-state index contributed by atoms with van der Waals surface area (Å²) in [4.78, 5) is 22.8. The molecule has 1 fully saturated rings. The summed E-state index contributed by atoms with van der Waals surface area (Å²) in [5.41, 5.74) is 0.534. The van der Waals surface area contributed by atoms with Crippen molar-refractivity contribution in [3.63, 3.8) is 0 Å². The van der Waals surface area contributed by atoms with Gasteiger partial charge in [-0.25, -0.2) is 8.42 Å². The average Bonchev–Trinajstić information content (AvgIpc) is 2.39. The largest absolute Gasteiger partial charge is 0.326 e. The molecule has 1 atom stereocenters. The van der Waals surface area contributed by atoms with Gasteiger partial charge in [0.1, 0.15) is 5.25 Å². The number of rotatable bonds is 3. The summed E-state index contributed by atoms with van der Waals surface area (Å²) >= 11 is 0. The maximum absolute atomic E-state index is 12.4. The molecule has 20 heavy (non-hydrogen) atoms. The average molecular weight is 295 g/mol. The number of nitrogens with one attached hydrogen (secondary N) is 1. The highest BCUT2D eigenvalue weighted by Gasteiger charge is 2.35. The molecule has 1 aromatic carbocycles. The van der Waals surface area contributed by atoms with E-state index in [4.69, 9.17) is 0 Å². The Bertz CT molecular complexity index is 619. The maximum Gasteiger partial charge on any atom is 0.221 e. The molecular formula is C14H17NO4S. The second kappa shape index (κ2) is 5.75. The molecule has 2 rings (SSSR count). The number of anilines is 1. The zero-order valence-corrected chi connectivity index (χ0v) is 12.1. The molecule has 1 N–H and O–H groups in total. The Balaban J connectivity index is 2.25. The van der Waals surface area contributed by atoms with Crippen LogP contribution in [0, 0.1) is 0 Å². The molecule has 0 spiro atoms. The van der Waals surface area contributed by atoms with Crippen LogP contribution in [0.15, 0.2) is 29.2 Å². The highest BCUT2D eigenvalue weighted by atomic mass is 32.2. The monoisotopic (exact) mass is 295 g/mol. The van der Waals surface area contributed by atoms with Gasteiger partial charge in [0.25, 0.3) is 0 Å². The van der Waals surface area contributed by atoms with E-state index in [9.17, 15) is 18.0 Å². The second-order valence-electron chi connectivity index (χ2n) is 4.95. The number of hydrogen-bond acceptors (Lipinski definition) is 4. The minimum Gasteiger partial charge on any atom is -0.326 e. The predicted octanol–water partition coefficient (Wildman–Crippen LogP) is 1.93. The first-order chi connectivity index (χ1) is 9.41. The van der Waals surface area contributed by atoms with E-state index in [0.29, 0.717) is 18.5 Å². The highest BCUT2D eigenvalue weighted by molar-refractivity contribution is 7.92. The van der Waals surface area contributed by atoms with Crippen LogP contribution in [-0.2, 0) is 19.4 Å². The lowest BCUT2D eigenvalue weighted by Crippen LogP contribution is -2.33. The van der Waals surface area contributed by atoms with Crippen molar-refractivity contribution in [1.29, 1.82) is 0 Å². The van der Waals surface area contributed by atoms with Crippen LogP contribution in [0.25, 0.3) is 0 Å². The fourth-order valence-electron chi connectivity index (χ4n) is 2.37. The van der Waals surface area contributed by atoms with Crippen LogP contribution < -0.4 is 5.32 Å². The van der Waals surface area contributed by atoms with Crippen molar-refractivity contribution in [3.8, 4) is 0 Å². The number of sulfone groups is 1. The van der Waals surface area contributed by atoms with E-state index in [1.54, 1.807) is 0 Å². The maximum atomic E-state index is 12.4. The van der Waals surface area contributed by atoms with Crippen molar-refractivity contribution >= 4 is 27.2 Å². The Morgan fingerprint density at radius 1 is 1.20 bits per heavy atom. The molecule has 0 bridgehead atoms. The van der Waals surface area contributed by atoms with E-state index >= 15 is 0 Å². The summed E-state index contributed by atoms with van der Waals surface area (Å²) in [5, 5.41) is 1.66. The van der Waals surface area contributed by atoms with E-state index in [-0.39, 0.29) is 16.6 Å². The van der Waals surface area contributed by atoms with E-state index < -0.39 is 15.1 Å². The molecule has 0 radical (unpaired) electrons. The van der Waals surface area contributed by atoms with Gasteiger partial charge in [-0.3, -0.25) is 9.59 Å². The Morgan fingerprint density at radius 3 is 2.40 bits per heavy atom. The third kappa shape index (κ3) is 3.07. The molecule has 1 aliphatic carbocycles. The normalized spacial score (nSPS) is 19.6. The number of ketones is 1. The summed E-state index contributed by atoms with van der Waals surface area (Å²) in [5.74, 6) is -0.412. The Labute approximate surface area is 118 Å². The molecule has 5 nitrogen and oxygen atoms in total. The van der Waals surface area contributed by atoms with Gasteiger partial charge in [-0.05, 0) is 37.1 Å². The molecule has 0 unspecified atom stereocenters. The van der Waals surface area contributed by atoms with E-state index in [0.717, 1.165) is 12.8 Å². The fourth-order valence-corrected chi connectivity index (χ4v) is 4.16. The molecule has 1 aromatic rings. The summed E-state index contributed by atoms with van der Waals surface area (Å²) in [6, 6.07) is 5.92. The van der Waals surface area contributed by atoms with Gasteiger partial charge in [0.2, 0.25) is 5.91 Å². The Kier molecular flexibility index (Phi) is 4.23. The van der Waals surface area contributed by atoms with Gasteiger partial charge in [-0.15, -0.1) is 0 Å². The number of carbonyl (C=O) groups excluding carboxylic acids is 2. The Hall–Kier alpha value is -1.69. The summed E-state index contributed by atoms with van der Waals surface area (Å²) in [7, 11) is -3.62. The van der Waals surface area contributed by atoms with Crippen LogP contribution in [-0.4, -0.2) is 25.4 Å². The van der Waals surface area contributed by atoms with Crippen LogP contribution >= 0.6 is 0 Å². The zero-order chi connectivity index (χ0) is 14.8. The fraction of sp³-hybridized carbons (Fsp3) is 0.429. The van der Waals surface area contributed by atoms with Crippen LogP contribution in [0.1, 0.15) is 32.6 Å². The SMILES string of the molecule is CC(=O)Nc1ccc(S(=O)(=O)[C@@H]2CCCCC2=O)cc1. The topological polar surface area (TPSA) is 80.3 Å². The van der Waals surface area contributed by atoms with Crippen LogP contribution in [0.5, 0.6) is 0 Å². The first-order valence-electron chi connectivity index (χ1n) is 6.55. The van der Waals surface area contributed by atoms with Gasteiger partial charge >= 0.3 is 0 Å². The van der Waals surface area contributed by atoms with Gasteiger partial charge in [0.05, 0.1) is 4.90 Å². The molecule has 1 amide bonds. The molecule has 0 heterocycles. The van der Waals surface area contributed by atoms with Gasteiger partial charge in [0, 0.05) is 19.0 Å². The van der Waals surface area contributed by atoms with E-state index in [1.165, 1.54) is 31.2 Å². The quantitative estimate of drug-likeness (QED) is 0.924. The lowest BCUT2D eigenvalue weighted by Gasteiger charge is -2.20. The minimum atomic E-state index is -3.62. The molecular weight excluding hydrogens is 278 g/mol. The van der Waals surface area contributed by atoms with E-state index in [1.807, 2.05) is 0 Å². The molecule has 108 valence electrons. The van der Waals surface area contributed by atoms with Crippen molar-refractivity contribution < 1.29 is 18.0 Å². The van der Waals surface area contributed by atoms with Gasteiger partial charge < -0.3 is 5.32 Å². The number of carbonyl (C=O) groups is 2. The summed E-state index contributed by atoms with van der Waals surface area (Å²) < 4.78 is 24.8. The molecule has 0 saturated heterocycles. The second-order valence-corrected chi connectivity index (χ2v) is 7.08. The van der Waals surface area contributed by atoms with Gasteiger partial charge in [-0.2, -0.15) is 0 Å². The van der Waals surface area contributed by atoms with Gasteiger partial charge in [0.15, 0.2) is 15.6 Å². The molecule has 0 aromatic heterocycles. The lowest BCUT2D eigenvalue weighted by molar-refractivity contribution is -0.119. The third-order valence-electron chi connectivity index (χ3n) is 3.38. The molecule has 0 aliphatic heterocycles. The predicted molar refractivity (Wildman–Crippen MR) is 75.2 cm³/mol. The smallest absolute Gasteiger partial charge is 0.221 e. The minimum absolute atomic E-state index is 0.131. The Morgan fingerprint density at radius 2 is 1.85 bits per heavy atom. The van der Waals surface area contributed by atoms with Crippen LogP contribution in [0.3, 0.4) is 0 Å². The first-order valence-corrected chi connectivity index (χ1v) is 8.10. The molecule has 1 aliphatic rings. The zero-order valence-electron chi connectivity index (χ0n) is 11.3. The van der Waals surface area contributed by atoms with E-state index in [2.05, 4.69) is 5.32 Å². The molecule has 6 heteroatoms. The van der Waals surface area contributed by atoms with Crippen molar-refractivity contribution in [3.05, 3.63) is 24.3 Å². The molecule has 1 saturated carbocycles. The summed E-state index contributed by atoms with van der Waals surface area (Å²) in [6.07, 6.45) is 2.27. The highest BCUT2D eigenvalue weighted by Crippen LogP contribution is 2.27. The first kappa shape index (κ1) is 14.7.